The summed E-state index contributed by atoms with van der Waals surface area (Å²) in [4.78, 5) is 16.2. The minimum atomic E-state index is 0. The molecule has 1 amide bonds. The van der Waals surface area contributed by atoms with E-state index in [0.29, 0.717) is 42.6 Å². The van der Waals surface area contributed by atoms with E-state index in [1.807, 2.05) is 0 Å². The van der Waals surface area contributed by atoms with Gasteiger partial charge in [0.15, 0.2) is 5.96 Å². The molecule has 1 aliphatic rings. The largest absolute Gasteiger partial charge is 0.497 e. The first-order valence-electron chi connectivity index (χ1n) is 9.18. The summed E-state index contributed by atoms with van der Waals surface area (Å²) in [6.45, 7) is 0.894. The summed E-state index contributed by atoms with van der Waals surface area (Å²) in [5.74, 6) is 2.24. The molecule has 27 heavy (non-hydrogen) atoms. The van der Waals surface area contributed by atoms with E-state index in [-0.39, 0.29) is 35.8 Å². The van der Waals surface area contributed by atoms with Gasteiger partial charge in [-0.2, -0.15) is 0 Å². The van der Waals surface area contributed by atoms with E-state index < -0.39 is 0 Å². The first-order chi connectivity index (χ1) is 12.6. The quantitative estimate of drug-likeness (QED) is 0.225. The maximum Gasteiger partial charge on any atom is 0.220 e. The number of hydrogen-bond acceptors (Lipinski definition) is 4. The van der Waals surface area contributed by atoms with E-state index in [1.165, 1.54) is 32.1 Å². The van der Waals surface area contributed by atoms with E-state index in [2.05, 4.69) is 15.6 Å². The second-order valence-corrected chi connectivity index (χ2v) is 6.52. The van der Waals surface area contributed by atoms with E-state index in [0.717, 1.165) is 0 Å². The molecule has 7 nitrogen and oxygen atoms in total. The lowest BCUT2D eigenvalue weighted by Gasteiger charge is -2.20. The molecule has 0 bridgehead atoms. The number of nitrogens with one attached hydrogen (secondary N) is 2. The summed E-state index contributed by atoms with van der Waals surface area (Å²) in [5, 5.41) is 5.92. The molecule has 4 N–H and O–H groups in total. The second-order valence-electron chi connectivity index (χ2n) is 6.52. The zero-order valence-electron chi connectivity index (χ0n) is 16.1. The summed E-state index contributed by atoms with van der Waals surface area (Å²) in [6.07, 6.45) is 6.77. The van der Waals surface area contributed by atoms with Crippen molar-refractivity contribution in [3.05, 3.63) is 18.2 Å². The number of guanidine groups is 1. The van der Waals surface area contributed by atoms with Gasteiger partial charge in [-0.25, -0.2) is 0 Å². The van der Waals surface area contributed by atoms with E-state index in [9.17, 15) is 4.79 Å². The number of hydrogen-bond donors (Lipinski definition) is 3. The van der Waals surface area contributed by atoms with Crippen LogP contribution in [0.25, 0.3) is 0 Å². The number of ether oxygens (including phenoxy) is 2. The highest BCUT2D eigenvalue weighted by molar-refractivity contribution is 14.0. The fourth-order valence-corrected chi connectivity index (χ4v) is 3.19. The van der Waals surface area contributed by atoms with Crippen LogP contribution in [0.15, 0.2) is 23.2 Å². The van der Waals surface area contributed by atoms with Crippen LogP contribution in [-0.2, 0) is 4.79 Å². The molecular weight excluding hydrogens is 459 g/mol. The lowest BCUT2D eigenvalue weighted by atomic mass is 9.87. The van der Waals surface area contributed by atoms with Gasteiger partial charge in [0.1, 0.15) is 11.5 Å². The summed E-state index contributed by atoms with van der Waals surface area (Å²) in [5.41, 5.74) is 6.59. The highest BCUT2D eigenvalue weighted by Gasteiger charge is 2.16. The molecule has 0 heterocycles. The molecule has 1 saturated carbocycles. The minimum absolute atomic E-state index is 0. The topological polar surface area (TPSA) is 98.0 Å². The SMILES string of the molecule is COc1ccc(OC)c(NC(N)=NCCNC(=O)CC2CCCCC2)c1.I. The molecule has 1 aromatic carbocycles. The smallest absolute Gasteiger partial charge is 0.220 e. The molecule has 8 heteroatoms. The number of nitrogens with zero attached hydrogens (tertiary/aromatic N) is 1. The third kappa shape index (κ3) is 8.23. The monoisotopic (exact) mass is 490 g/mol. The lowest BCUT2D eigenvalue weighted by molar-refractivity contribution is -0.122. The Bertz CT molecular complexity index is 619. The zero-order chi connectivity index (χ0) is 18.8. The Morgan fingerprint density at radius 1 is 1.22 bits per heavy atom. The molecule has 1 fully saturated rings. The van der Waals surface area contributed by atoms with Crippen LogP contribution in [0.5, 0.6) is 11.5 Å². The van der Waals surface area contributed by atoms with E-state index in [1.54, 1.807) is 32.4 Å². The van der Waals surface area contributed by atoms with Gasteiger partial charge in [0, 0.05) is 19.0 Å². The Hall–Kier alpha value is -1.71. The minimum Gasteiger partial charge on any atom is -0.497 e. The maximum atomic E-state index is 12.0. The maximum absolute atomic E-state index is 12.0. The number of nitrogens with two attached hydrogens (primary N) is 1. The zero-order valence-corrected chi connectivity index (χ0v) is 18.5. The van der Waals surface area contributed by atoms with Crippen molar-refractivity contribution >= 4 is 41.5 Å². The van der Waals surface area contributed by atoms with Gasteiger partial charge in [-0.05, 0) is 30.9 Å². The van der Waals surface area contributed by atoms with Crippen molar-refractivity contribution in [2.75, 3.05) is 32.6 Å². The van der Waals surface area contributed by atoms with Gasteiger partial charge in [-0.15, -0.1) is 24.0 Å². The third-order valence-corrected chi connectivity index (χ3v) is 4.58. The van der Waals surface area contributed by atoms with Crippen LogP contribution >= 0.6 is 24.0 Å². The Morgan fingerprint density at radius 2 is 1.96 bits per heavy atom. The molecule has 0 radical (unpaired) electrons. The fourth-order valence-electron chi connectivity index (χ4n) is 3.19. The van der Waals surface area contributed by atoms with Crippen LogP contribution < -0.4 is 25.8 Å². The summed E-state index contributed by atoms with van der Waals surface area (Å²) < 4.78 is 10.5. The number of carbonyl (C=O) groups is 1. The highest BCUT2D eigenvalue weighted by atomic mass is 127. The molecule has 0 aromatic heterocycles. The molecule has 0 saturated heterocycles. The first-order valence-corrected chi connectivity index (χ1v) is 9.18. The van der Waals surface area contributed by atoms with Gasteiger partial charge in [0.05, 0.1) is 26.5 Å². The number of rotatable bonds is 8. The Kier molecular flexibility index (Phi) is 10.9. The van der Waals surface area contributed by atoms with Gasteiger partial charge in [-0.3, -0.25) is 9.79 Å². The van der Waals surface area contributed by atoms with Gasteiger partial charge in [0.2, 0.25) is 5.91 Å². The number of anilines is 1. The standard InChI is InChI=1S/C19H30N4O3.HI/c1-25-15-8-9-17(26-2)16(13-15)23-19(20)22-11-10-21-18(24)12-14-6-4-3-5-7-14;/h8-9,13-14H,3-7,10-12H2,1-2H3,(H,21,24)(H3,20,22,23);1H. The summed E-state index contributed by atoms with van der Waals surface area (Å²) in [7, 11) is 3.18. The van der Waals surface area contributed by atoms with Crippen LogP contribution in [0.3, 0.4) is 0 Å². The number of amides is 1. The van der Waals surface area contributed by atoms with Crippen LogP contribution in [0.2, 0.25) is 0 Å². The third-order valence-electron chi connectivity index (χ3n) is 4.58. The molecule has 1 aliphatic carbocycles. The van der Waals surface area contributed by atoms with Crippen molar-refractivity contribution < 1.29 is 14.3 Å². The molecule has 0 unspecified atom stereocenters. The van der Waals surface area contributed by atoms with Gasteiger partial charge >= 0.3 is 0 Å². The average Bonchev–Trinajstić information content (AvgIpc) is 2.66. The number of methoxy groups -OCH3 is 2. The second kappa shape index (κ2) is 12.6. The van der Waals surface area contributed by atoms with Crippen LogP contribution in [0, 0.1) is 5.92 Å². The summed E-state index contributed by atoms with van der Waals surface area (Å²) in [6, 6.07) is 5.38. The van der Waals surface area contributed by atoms with E-state index >= 15 is 0 Å². The Morgan fingerprint density at radius 3 is 2.63 bits per heavy atom. The summed E-state index contributed by atoms with van der Waals surface area (Å²) >= 11 is 0. The molecular formula is C19H31IN4O3. The number of benzene rings is 1. The first kappa shape index (κ1) is 23.3. The molecule has 152 valence electrons. The number of halogens is 1. The normalized spacial score (nSPS) is 14.8. The fraction of sp³-hybridized carbons (Fsp3) is 0.579. The van der Waals surface area contributed by atoms with Crippen molar-refractivity contribution in [1.29, 1.82) is 0 Å². The lowest BCUT2D eigenvalue weighted by Crippen LogP contribution is -2.30. The number of aliphatic imine (C=N–C) groups is 1. The van der Waals surface area contributed by atoms with Gasteiger partial charge in [0.25, 0.3) is 0 Å². The van der Waals surface area contributed by atoms with Crippen molar-refractivity contribution in [2.45, 2.75) is 38.5 Å². The van der Waals surface area contributed by atoms with Crippen molar-refractivity contribution in [3.8, 4) is 11.5 Å². The van der Waals surface area contributed by atoms with Crippen molar-refractivity contribution in [1.82, 2.24) is 5.32 Å². The van der Waals surface area contributed by atoms with Crippen LogP contribution in [0.4, 0.5) is 5.69 Å². The Labute approximate surface area is 178 Å². The molecule has 2 rings (SSSR count). The average molecular weight is 490 g/mol. The van der Waals surface area contributed by atoms with Crippen LogP contribution in [0.1, 0.15) is 38.5 Å². The van der Waals surface area contributed by atoms with Gasteiger partial charge < -0.3 is 25.8 Å². The van der Waals surface area contributed by atoms with Crippen molar-refractivity contribution in [3.63, 3.8) is 0 Å². The molecule has 0 atom stereocenters. The Balaban J connectivity index is 0.00000364. The van der Waals surface area contributed by atoms with Gasteiger partial charge in [-0.1, -0.05) is 19.3 Å². The predicted molar refractivity (Wildman–Crippen MR) is 119 cm³/mol. The molecule has 0 aliphatic heterocycles. The highest BCUT2D eigenvalue weighted by Crippen LogP contribution is 2.28. The predicted octanol–water partition coefficient (Wildman–Crippen LogP) is 3.14. The van der Waals surface area contributed by atoms with Crippen molar-refractivity contribution in [2.24, 2.45) is 16.6 Å². The number of carbonyl (C=O) groups excluding carboxylic acids is 1. The van der Waals surface area contributed by atoms with Crippen LogP contribution in [-0.4, -0.2) is 39.2 Å². The molecule has 1 aromatic rings. The molecule has 0 spiro atoms. The van der Waals surface area contributed by atoms with E-state index in [4.69, 9.17) is 15.2 Å².